The predicted octanol–water partition coefficient (Wildman–Crippen LogP) is 2.28. The van der Waals surface area contributed by atoms with Gasteiger partial charge in [-0.05, 0) is 43.3 Å². The summed E-state index contributed by atoms with van der Waals surface area (Å²) < 4.78 is 19.0. The molecule has 0 spiro atoms. The van der Waals surface area contributed by atoms with Crippen LogP contribution in [0.5, 0.6) is 5.75 Å². The molecule has 1 aliphatic heterocycles. The van der Waals surface area contributed by atoms with Gasteiger partial charge in [-0.1, -0.05) is 12.1 Å². The lowest BCUT2D eigenvalue weighted by Crippen LogP contribution is -2.55. The number of nitrogens with zero attached hydrogens (tertiary/aromatic N) is 3. The summed E-state index contributed by atoms with van der Waals surface area (Å²) in [6.45, 7) is 5.08. The third-order valence-electron chi connectivity index (χ3n) is 5.60. The number of hydrogen-bond donors (Lipinski definition) is 2. The highest BCUT2D eigenvalue weighted by molar-refractivity contribution is 5.92. The van der Waals surface area contributed by atoms with Crippen molar-refractivity contribution >= 4 is 17.3 Å². The minimum absolute atomic E-state index is 0.0306. The van der Waals surface area contributed by atoms with Gasteiger partial charge in [-0.2, -0.15) is 0 Å². The first-order chi connectivity index (χ1) is 15.3. The SMILES string of the molecule is C[C@H]1CN(CC(=O)Nc2ccc(N(C)C)cc2)CCN1C[C@H](O)COc1ccccc1F. The predicted molar refractivity (Wildman–Crippen MR) is 125 cm³/mol. The molecule has 2 atom stereocenters. The lowest BCUT2D eigenvalue weighted by Gasteiger charge is -2.40. The van der Waals surface area contributed by atoms with Crippen molar-refractivity contribution in [3.63, 3.8) is 0 Å². The number of halogens is 1. The number of aliphatic hydroxyl groups is 1. The van der Waals surface area contributed by atoms with Crippen LogP contribution in [0.1, 0.15) is 6.92 Å². The number of ether oxygens (including phenoxy) is 1. The molecule has 0 aromatic heterocycles. The highest BCUT2D eigenvalue weighted by Crippen LogP contribution is 2.17. The average molecular weight is 445 g/mol. The molecule has 7 nitrogen and oxygen atoms in total. The van der Waals surface area contributed by atoms with Crippen LogP contribution < -0.4 is 15.0 Å². The fourth-order valence-corrected chi connectivity index (χ4v) is 3.80. The van der Waals surface area contributed by atoms with Crippen LogP contribution in [0.4, 0.5) is 15.8 Å². The molecule has 2 aromatic carbocycles. The van der Waals surface area contributed by atoms with Crippen LogP contribution in [0.15, 0.2) is 48.5 Å². The topological polar surface area (TPSA) is 68.3 Å². The molecular weight excluding hydrogens is 411 g/mol. The first-order valence-electron chi connectivity index (χ1n) is 10.9. The Hall–Kier alpha value is -2.68. The Bertz CT molecular complexity index is 878. The van der Waals surface area contributed by atoms with Gasteiger partial charge >= 0.3 is 0 Å². The van der Waals surface area contributed by atoms with Gasteiger partial charge in [0.2, 0.25) is 5.91 Å². The van der Waals surface area contributed by atoms with Crippen molar-refractivity contribution in [3.05, 3.63) is 54.3 Å². The Kier molecular flexibility index (Phi) is 8.44. The summed E-state index contributed by atoms with van der Waals surface area (Å²) in [7, 11) is 3.95. The Labute approximate surface area is 189 Å². The Balaban J connectivity index is 1.40. The van der Waals surface area contributed by atoms with Crippen molar-refractivity contribution in [2.45, 2.75) is 19.1 Å². The zero-order valence-electron chi connectivity index (χ0n) is 19.0. The van der Waals surface area contributed by atoms with Gasteiger partial charge in [0.25, 0.3) is 0 Å². The molecule has 0 radical (unpaired) electrons. The standard InChI is InChI=1S/C24H33FN4O3/c1-18-14-28(16-24(31)26-19-8-10-20(11-9-19)27(2)3)12-13-29(18)15-21(30)17-32-23-7-5-4-6-22(23)25/h4-11,18,21,30H,12-17H2,1-3H3,(H,26,31)/t18-,21-/m0/s1. The van der Waals surface area contributed by atoms with Gasteiger partial charge in [0.05, 0.1) is 6.54 Å². The largest absolute Gasteiger partial charge is 0.488 e. The zero-order valence-corrected chi connectivity index (χ0v) is 19.0. The number of piperazine rings is 1. The second-order valence-corrected chi connectivity index (χ2v) is 8.46. The second kappa shape index (κ2) is 11.3. The number of β-amino-alcohol motifs (C(OH)–C–C–N with tert-alkyl or cyclic N) is 1. The molecule has 1 saturated heterocycles. The van der Waals surface area contributed by atoms with E-state index in [0.717, 1.165) is 31.0 Å². The molecule has 1 fully saturated rings. The number of para-hydroxylation sites is 1. The van der Waals surface area contributed by atoms with E-state index in [1.54, 1.807) is 18.2 Å². The minimum atomic E-state index is -0.725. The van der Waals surface area contributed by atoms with E-state index in [1.165, 1.54) is 6.07 Å². The van der Waals surface area contributed by atoms with Crippen LogP contribution in [-0.4, -0.2) is 86.4 Å². The van der Waals surface area contributed by atoms with Gasteiger partial charge in [-0.25, -0.2) is 4.39 Å². The normalized spacial score (nSPS) is 18.2. The van der Waals surface area contributed by atoms with Crippen LogP contribution in [0.2, 0.25) is 0 Å². The number of hydrogen-bond acceptors (Lipinski definition) is 6. The number of benzene rings is 2. The summed E-state index contributed by atoms with van der Waals surface area (Å²) in [6.07, 6.45) is -0.725. The molecule has 8 heteroatoms. The van der Waals surface area contributed by atoms with E-state index >= 15 is 0 Å². The summed E-state index contributed by atoms with van der Waals surface area (Å²) in [4.78, 5) is 18.7. The van der Waals surface area contributed by atoms with E-state index in [-0.39, 0.29) is 24.3 Å². The average Bonchev–Trinajstić information content (AvgIpc) is 2.75. The van der Waals surface area contributed by atoms with Crippen LogP contribution in [0.3, 0.4) is 0 Å². The van der Waals surface area contributed by atoms with Crippen LogP contribution in [-0.2, 0) is 4.79 Å². The molecule has 2 aromatic rings. The number of amides is 1. The summed E-state index contributed by atoms with van der Waals surface area (Å²) in [5.74, 6) is -0.332. The Morgan fingerprint density at radius 1 is 1.22 bits per heavy atom. The molecule has 0 unspecified atom stereocenters. The van der Waals surface area contributed by atoms with Crippen molar-refractivity contribution < 1.29 is 19.0 Å². The van der Waals surface area contributed by atoms with Gasteiger partial charge in [-0.3, -0.25) is 14.6 Å². The molecule has 3 rings (SSSR count). The smallest absolute Gasteiger partial charge is 0.238 e. The number of aliphatic hydroxyl groups excluding tert-OH is 1. The van der Waals surface area contributed by atoms with Crippen molar-refractivity contribution in [3.8, 4) is 5.75 Å². The number of nitrogens with one attached hydrogen (secondary N) is 1. The first-order valence-corrected chi connectivity index (χ1v) is 10.9. The zero-order chi connectivity index (χ0) is 23.1. The molecule has 0 aliphatic carbocycles. The van der Waals surface area contributed by atoms with Crippen molar-refractivity contribution in [1.29, 1.82) is 0 Å². The summed E-state index contributed by atoms with van der Waals surface area (Å²) in [6, 6.07) is 14.1. The molecule has 1 aliphatic rings. The minimum Gasteiger partial charge on any atom is -0.488 e. The van der Waals surface area contributed by atoms with Crippen molar-refractivity contribution in [2.24, 2.45) is 0 Å². The monoisotopic (exact) mass is 444 g/mol. The molecular formula is C24H33FN4O3. The highest BCUT2D eigenvalue weighted by atomic mass is 19.1. The van der Waals surface area contributed by atoms with E-state index in [0.29, 0.717) is 13.1 Å². The molecule has 1 heterocycles. The van der Waals surface area contributed by atoms with E-state index < -0.39 is 11.9 Å². The summed E-state index contributed by atoms with van der Waals surface area (Å²) >= 11 is 0. The van der Waals surface area contributed by atoms with Gasteiger partial charge in [-0.15, -0.1) is 0 Å². The summed E-state index contributed by atoms with van der Waals surface area (Å²) in [5.41, 5.74) is 1.86. The third kappa shape index (κ3) is 6.91. The fraction of sp³-hybridized carbons (Fsp3) is 0.458. The van der Waals surface area contributed by atoms with Gasteiger partial charge < -0.3 is 20.1 Å². The first kappa shape index (κ1) is 24.0. The number of carbonyl (C=O) groups is 1. The van der Waals surface area contributed by atoms with E-state index in [1.807, 2.05) is 43.3 Å². The molecule has 32 heavy (non-hydrogen) atoms. The van der Waals surface area contributed by atoms with Gasteiger partial charge in [0.15, 0.2) is 11.6 Å². The summed E-state index contributed by atoms with van der Waals surface area (Å²) in [5, 5.41) is 13.3. The molecule has 2 N–H and O–H groups in total. The van der Waals surface area contributed by atoms with Crippen molar-refractivity contribution in [2.75, 3.05) is 63.6 Å². The molecule has 0 bridgehead atoms. The van der Waals surface area contributed by atoms with E-state index in [9.17, 15) is 14.3 Å². The number of anilines is 2. The van der Waals surface area contributed by atoms with Gasteiger partial charge in [0.1, 0.15) is 12.7 Å². The molecule has 0 saturated carbocycles. The van der Waals surface area contributed by atoms with E-state index in [4.69, 9.17) is 4.74 Å². The van der Waals surface area contributed by atoms with E-state index in [2.05, 4.69) is 22.0 Å². The highest BCUT2D eigenvalue weighted by Gasteiger charge is 2.26. The van der Waals surface area contributed by atoms with Crippen LogP contribution in [0.25, 0.3) is 0 Å². The molecule has 1 amide bonds. The van der Waals surface area contributed by atoms with Crippen molar-refractivity contribution in [1.82, 2.24) is 9.80 Å². The van der Waals surface area contributed by atoms with Gasteiger partial charge in [0, 0.05) is 57.7 Å². The molecule has 174 valence electrons. The number of rotatable bonds is 9. The number of carbonyl (C=O) groups excluding carboxylic acids is 1. The maximum Gasteiger partial charge on any atom is 0.238 e. The maximum absolute atomic E-state index is 13.6. The lowest BCUT2D eigenvalue weighted by atomic mass is 10.1. The Morgan fingerprint density at radius 3 is 2.59 bits per heavy atom. The third-order valence-corrected chi connectivity index (χ3v) is 5.60. The maximum atomic E-state index is 13.6. The lowest BCUT2D eigenvalue weighted by molar-refractivity contribution is -0.118. The second-order valence-electron chi connectivity index (χ2n) is 8.46. The quantitative estimate of drug-likeness (QED) is 0.619. The Morgan fingerprint density at radius 2 is 1.94 bits per heavy atom. The fourth-order valence-electron chi connectivity index (χ4n) is 3.80. The van der Waals surface area contributed by atoms with Crippen LogP contribution in [0, 0.1) is 5.82 Å². The van der Waals surface area contributed by atoms with Crippen LogP contribution >= 0.6 is 0 Å².